The molecule has 5 nitrogen and oxygen atoms in total. The lowest BCUT2D eigenvalue weighted by Gasteiger charge is -2.11. The first-order valence-corrected chi connectivity index (χ1v) is 10.4. The first-order chi connectivity index (χ1) is 14.0. The minimum absolute atomic E-state index is 0.160. The summed E-state index contributed by atoms with van der Waals surface area (Å²) >= 11 is 1.62. The number of phenols is 1. The number of aryl methyl sites for hydroxylation is 2. The van der Waals surface area contributed by atoms with Crippen molar-refractivity contribution in [2.45, 2.75) is 27.3 Å². The van der Waals surface area contributed by atoms with Crippen molar-refractivity contribution < 1.29 is 9.84 Å². The molecular weight excluding hydrogens is 382 g/mol. The minimum Gasteiger partial charge on any atom is -0.507 e. The number of aromatic hydroxyl groups is 1. The molecule has 0 atom stereocenters. The number of hydrogen-bond acceptors (Lipinski definition) is 5. The molecule has 0 spiro atoms. The summed E-state index contributed by atoms with van der Waals surface area (Å²) in [4.78, 5) is 5.69. The Morgan fingerprint density at radius 2 is 1.93 bits per heavy atom. The maximum Gasteiger partial charge on any atom is 0.129 e. The number of thiazole rings is 1. The standard InChI is InChI=1S/C23H23N3O2S/c1-4-28-18-10-15(2)21(20(27)11-18)22-19(23-24-12-16(3)29-23)14-26(25-22)13-17-8-6-5-7-9-17/h5-12,14,27H,4,13H2,1-3H3. The Kier molecular flexibility index (Phi) is 5.36. The zero-order valence-corrected chi connectivity index (χ0v) is 17.5. The van der Waals surface area contributed by atoms with E-state index in [-0.39, 0.29) is 5.75 Å². The summed E-state index contributed by atoms with van der Waals surface area (Å²) in [5.41, 5.74) is 4.43. The third-order valence-electron chi connectivity index (χ3n) is 4.64. The lowest BCUT2D eigenvalue weighted by molar-refractivity contribution is 0.337. The SMILES string of the molecule is CCOc1cc(C)c(-c2nn(Cc3ccccc3)cc2-c2ncc(C)s2)c(O)c1. The zero-order chi connectivity index (χ0) is 20.4. The molecule has 1 N–H and O–H groups in total. The first-order valence-electron chi connectivity index (χ1n) is 9.56. The first kappa shape index (κ1) is 19.2. The van der Waals surface area contributed by atoms with Crippen LogP contribution in [0.15, 0.2) is 54.9 Å². The summed E-state index contributed by atoms with van der Waals surface area (Å²) in [7, 11) is 0. The van der Waals surface area contributed by atoms with Crippen molar-refractivity contribution in [1.29, 1.82) is 0 Å². The summed E-state index contributed by atoms with van der Waals surface area (Å²) in [5, 5.41) is 16.5. The molecule has 0 radical (unpaired) electrons. The summed E-state index contributed by atoms with van der Waals surface area (Å²) in [5.74, 6) is 0.814. The van der Waals surface area contributed by atoms with Crippen molar-refractivity contribution in [2.24, 2.45) is 0 Å². The lowest BCUT2D eigenvalue weighted by atomic mass is 10.0. The number of rotatable bonds is 6. The Bertz CT molecular complexity index is 1110. The summed E-state index contributed by atoms with van der Waals surface area (Å²) in [6.07, 6.45) is 3.87. The van der Waals surface area contributed by atoms with Gasteiger partial charge in [0.05, 0.1) is 18.7 Å². The third kappa shape index (κ3) is 4.03. The van der Waals surface area contributed by atoms with Crippen molar-refractivity contribution in [3.8, 4) is 33.3 Å². The van der Waals surface area contributed by atoms with E-state index in [2.05, 4.69) is 17.1 Å². The smallest absolute Gasteiger partial charge is 0.129 e. The van der Waals surface area contributed by atoms with Crippen LogP contribution in [0.5, 0.6) is 11.5 Å². The topological polar surface area (TPSA) is 60.2 Å². The van der Waals surface area contributed by atoms with Gasteiger partial charge in [-0.05, 0) is 38.0 Å². The van der Waals surface area contributed by atoms with E-state index in [1.54, 1.807) is 17.4 Å². The molecule has 2 aromatic heterocycles. The van der Waals surface area contributed by atoms with Gasteiger partial charge in [0.1, 0.15) is 22.2 Å². The molecule has 0 unspecified atom stereocenters. The average Bonchev–Trinajstić information content (AvgIpc) is 3.29. The van der Waals surface area contributed by atoms with Gasteiger partial charge < -0.3 is 9.84 Å². The van der Waals surface area contributed by atoms with Gasteiger partial charge in [0.15, 0.2) is 0 Å². The largest absolute Gasteiger partial charge is 0.507 e. The molecular formula is C23H23N3O2S. The summed E-state index contributed by atoms with van der Waals surface area (Å²) in [6.45, 7) is 7.12. The van der Waals surface area contributed by atoms with Crippen LogP contribution in [0.4, 0.5) is 0 Å². The molecule has 0 aliphatic carbocycles. The van der Waals surface area contributed by atoms with E-state index < -0.39 is 0 Å². The molecule has 0 aliphatic heterocycles. The number of ether oxygens (including phenoxy) is 1. The van der Waals surface area contributed by atoms with Crippen LogP contribution in [0.2, 0.25) is 0 Å². The average molecular weight is 406 g/mol. The molecule has 0 bridgehead atoms. The normalized spacial score (nSPS) is 11.0. The van der Waals surface area contributed by atoms with Gasteiger partial charge >= 0.3 is 0 Å². The second-order valence-electron chi connectivity index (χ2n) is 6.92. The predicted molar refractivity (Wildman–Crippen MR) is 117 cm³/mol. The van der Waals surface area contributed by atoms with Gasteiger partial charge in [-0.1, -0.05) is 30.3 Å². The van der Waals surface area contributed by atoms with E-state index in [0.717, 1.165) is 32.3 Å². The van der Waals surface area contributed by atoms with Crippen molar-refractivity contribution in [2.75, 3.05) is 6.61 Å². The molecule has 2 aromatic carbocycles. The van der Waals surface area contributed by atoms with E-state index in [9.17, 15) is 5.11 Å². The quantitative estimate of drug-likeness (QED) is 0.464. The number of benzene rings is 2. The molecule has 29 heavy (non-hydrogen) atoms. The van der Waals surface area contributed by atoms with Crippen LogP contribution in [-0.2, 0) is 6.54 Å². The predicted octanol–water partition coefficient (Wildman–Crippen LogP) is 5.44. The fourth-order valence-corrected chi connectivity index (χ4v) is 4.16. The maximum absolute atomic E-state index is 10.8. The monoisotopic (exact) mass is 405 g/mol. The van der Waals surface area contributed by atoms with Crippen LogP contribution in [0.25, 0.3) is 21.8 Å². The van der Waals surface area contributed by atoms with Gasteiger partial charge in [-0.2, -0.15) is 5.10 Å². The Balaban J connectivity index is 1.83. The number of phenolic OH excluding ortho intramolecular Hbond substituents is 1. The highest BCUT2D eigenvalue weighted by Crippen LogP contribution is 2.41. The zero-order valence-electron chi connectivity index (χ0n) is 16.7. The lowest BCUT2D eigenvalue weighted by Crippen LogP contribution is -2.00. The van der Waals surface area contributed by atoms with E-state index in [1.165, 1.54) is 0 Å². The fourth-order valence-electron chi connectivity index (χ4n) is 3.39. The number of hydrogen-bond donors (Lipinski definition) is 1. The highest BCUT2D eigenvalue weighted by Gasteiger charge is 2.21. The van der Waals surface area contributed by atoms with E-state index in [4.69, 9.17) is 9.84 Å². The summed E-state index contributed by atoms with van der Waals surface area (Å²) < 4.78 is 7.47. The van der Waals surface area contributed by atoms with Crippen LogP contribution < -0.4 is 4.74 Å². The molecule has 0 saturated heterocycles. The van der Waals surface area contributed by atoms with Gasteiger partial charge in [-0.25, -0.2) is 4.98 Å². The van der Waals surface area contributed by atoms with E-state index in [0.29, 0.717) is 24.5 Å². The van der Waals surface area contributed by atoms with Crippen molar-refractivity contribution in [3.05, 3.63) is 70.9 Å². The van der Waals surface area contributed by atoms with Crippen molar-refractivity contribution in [3.63, 3.8) is 0 Å². The van der Waals surface area contributed by atoms with Crippen LogP contribution in [-0.4, -0.2) is 26.5 Å². The Morgan fingerprint density at radius 1 is 1.14 bits per heavy atom. The molecule has 0 saturated carbocycles. The van der Waals surface area contributed by atoms with Crippen LogP contribution in [0, 0.1) is 13.8 Å². The van der Waals surface area contributed by atoms with Gasteiger partial charge in [0, 0.05) is 28.9 Å². The second kappa shape index (κ2) is 8.09. The van der Waals surface area contributed by atoms with Crippen LogP contribution >= 0.6 is 11.3 Å². The van der Waals surface area contributed by atoms with Gasteiger partial charge in [0.2, 0.25) is 0 Å². The molecule has 2 heterocycles. The molecule has 0 amide bonds. The van der Waals surface area contributed by atoms with Crippen molar-refractivity contribution in [1.82, 2.24) is 14.8 Å². The van der Waals surface area contributed by atoms with Crippen molar-refractivity contribution >= 4 is 11.3 Å². The van der Waals surface area contributed by atoms with Gasteiger partial charge in [0.25, 0.3) is 0 Å². The van der Waals surface area contributed by atoms with E-state index >= 15 is 0 Å². The Hall–Kier alpha value is -3.12. The van der Waals surface area contributed by atoms with Crippen LogP contribution in [0.3, 0.4) is 0 Å². The minimum atomic E-state index is 0.160. The fraction of sp³-hybridized carbons (Fsp3) is 0.217. The molecule has 0 fully saturated rings. The van der Waals surface area contributed by atoms with Gasteiger partial charge in [-0.3, -0.25) is 4.68 Å². The number of nitrogens with zero attached hydrogens (tertiary/aromatic N) is 3. The van der Waals surface area contributed by atoms with Crippen LogP contribution in [0.1, 0.15) is 22.9 Å². The highest BCUT2D eigenvalue weighted by atomic mass is 32.1. The highest BCUT2D eigenvalue weighted by molar-refractivity contribution is 7.15. The van der Waals surface area contributed by atoms with Gasteiger partial charge in [-0.15, -0.1) is 11.3 Å². The molecule has 4 rings (SSSR count). The number of aromatic nitrogens is 3. The molecule has 0 aliphatic rings. The molecule has 6 heteroatoms. The Morgan fingerprint density at radius 3 is 2.59 bits per heavy atom. The summed E-state index contributed by atoms with van der Waals surface area (Å²) in [6, 6.07) is 13.8. The molecule has 4 aromatic rings. The maximum atomic E-state index is 10.8. The Labute approximate surface area is 174 Å². The molecule has 148 valence electrons. The third-order valence-corrected chi connectivity index (χ3v) is 5.58. The second-order valence-corrected chi connectivity index (χ2v) is 8.15. The van der Waals surface area contributed by atoms with E-state index in [1.807, 2.05) is 62.1 Å².